The van der Waals surface area contributed by atoms with Gasteiger partial charge in [0.05, 0.1) is 0 Å². The molecule has 0 radical (unpaired) electrons. The van der Waals surface area contributed by atoms with Crippen molar-refractivity contribution in [2.45, 2.75) is 78.2 Å². The quantitative estimate of drug-likeness (QED) is 0.555. The van der Waals surface area contributed by atoms with Crippen molar-refractivity contribution < 1.29 is 19.1 Å². The van der Waals surface area contributed by atoms with E-state index in [-0.39, 0.29) is 28.9 Å². The SMILES string of the molecule is CC(=O)Oc1ccc2c(c1)CC[C@]1(C)C2CC[C@@]2(C)C1CC[C@@H]2OC(C)=O. The number of esters is 2. The predicted octanol–water partition coefficient (Wildman–Crippen LogP) is 4.79. The maximum atomic E-state index is 11.6. The maximum absolute atomic E-state index is 11.6. The second kappa shape index (κ2) is 6.35. The van der Waals surface area contributed by atoms with Crippen LogP contribution in [0.1, 0.15) is 76.8 Å². The van der Waals surface area contributed by atoms with Gasteiger partial charge in [-0.2, -0.15) is 0 Å². The van der Waals surface area contributed by atoms with Gasteiger partial charge in [-0.15, -0.1) is 0 Å². The number of benzene rings is 1. The van der Waals surface area contributed by atoms with Gasteiger partial charge in [-0.05, 0) is 79.0 Å². The molecule has 2 unspecified atom stereocenters. The molecule has 27 heavy (non-hydrogen) atoms. The van der Waals surface area contributed by atoms with Crippen LogP contribution in [0.15, 0.2) is 18.2 Å². The predicted molar refractivity (Wildman–Crippen MR) is 103 cm³/mol. The number of hydrogen-bond donors (Lipinski definition) is 0. The first kappa shape index (κ1) is 18.5. The molecule has 0 aliphatic heterocycles. The third kappa shape index (κ3) is 2.88. The van der Waals surface area contributed by atoms with Gasteiger partial charge in [-0.25, -0.2) is 0 Å². The molecular formula is C23H30O4. The van der Waals surface area contributed by atoms with E-state index in [1.807, 2.05) is 6.07 Å². The van der Waals surface area contributed by atoms with Gasteiger partial charge in [0, 0.05) is 19.3 Å². The van der Waals surface area contributed by atoms with Gasteiger partial charge in [0.1, 0.15) is 11.9 Å². The molecule has 2 saturated carbocycles. The fraction of sp³-hybridized carbons (Fsp3) is 0.652. The first-order valence-corrected chi connectivity index (χ1v) is 10.2. The van der Waals surface area contributed by atoms with E-state index in [2.05, 4.69) is 26.0 Å². The van der Waals surface area contributed by atoms with Crippen LogP contribution in [-0.2, 0) is 20.7 Å². The monoisotopic (exact) mass is 370 g/mol. The molecular weight excluding hydrogens is 340 g/mol. The molecule has 1 aromatic carbocycles. The second-order valence-corrected chi connectivity index (χ2v) is 9.29. The molecule has 1 aromatic rings. The summed E-state index contributed by atoms with van der Waals surface area (Å²) in [6, 6.07) is 6.17. The van der Waals surface area contributed by atoms with Crippen molar-refractivity contribution in [2.75, 3.05) is 0 Å². The molecule has 0 saturated heterocycles. The number of aryl methyl sites for hydroxylation is 1. The molecule has 5 atom stereocenters. The van der Waals surface area contributed by atoms with E-state index in [1.54, 1.807) is 0 Å². The topological polar surface area (TPSA) is 52.6 Å². The van der Waals surface area contributed by atoms with Gasteiger partial charge in [-0.1, -0.05) is 19.9 Å². The Morgan fingerprint density at radius 3 is 2.48 bits per heavy atom. The average molecular weight is 370 g/mol. The Kier molecular flexibility index (Phi) is 4.36. The third-order valence-electron chi connectivity index (χ3n) is 7.81. The van der Waals surface area contributed by atoms with E-state index in [4.69, 9.17) is 9.47 Å². The summed E-state index contributed by atoms with van der Waals surface area (Å²) in [5, 5.41) is 0. The van der Waals surface area contributed by atoms with Crippen molar-refractivity contribution in [3.63, 3.8) is 0 Å². The van der Waals surface area contributed by atoms with Gasteiger partial charge in [0.2, 0.25) is 0 Å². The lowest BCUT2D eigenvalue weighted by atomic mass is 9.48. The van der Waals surface area contributed by atoms with Gasteiger partial charge in [-0.3, -0.25) is 9.59 Å². The van der Waals surface area contributed by atoms with Gasteiger partial charge in [0.15, 0.2) is 0 Å². The average Bonchev–Trinajstić information content (AvgIpc) is 2.91. The van der Waals surface area contributed by atoms with Gasteiger partial charge in [0.25, 0.3) is 0 Å². The zero-order valence-electron chi connectivity index (χ0n) is 16.8. The fourth-order valence-electron chi connectivity index (χ4n) is 6.67. The Labute approximate surface area is 161 Å². The highest BCUT2D eigenvalue weighted by Crippen LogP contribution is 2.67. The first-order valence-electron chi connectivity index (χ1n) is 10.2. The Balaban J connectivity index is 1.65. The Morgan fingerprint density at radius 2 is 1.78 bits per heavy atom. The molecule has 3 aliphatic rings. The minimum absolute atomic E-state index is 0.0607. The molecule has 2 fully saturated rings. The molecule has 0 amide bonds. The number of carbonyl (C=O) groups is 2. The largest absolute Gasteiger partial charge is 0.462 e. The first-order chi connectivity index (χ1) is 12.7. The minimum Gasteiger partial charge on any atom is -0.462 e. The number of rotatable bonds is 2. The molecule has 0 aromatic heterocycles. The summed E-state index contributed by atoms with van der Waals surface area (Å²) in [5.74, 6) is 1.34. The minimum atomic E-state index is -0.272. The molecule has 3 aliphatic carbocycles. The smallest absolute Gasteiger partial charge is 0.308 e. The lowest BCUT2D eigenvalue weighted by Gasteiger charge is -2.57. The van der Waals surface area contributed by atoms with Gasteiger partial charge < -0.3 is 9.47 Å². The highest BCUT2D eigenvalue weighted by atomic mass is 16.5. The van der Waals surface area contributed by atoms with Crippen molar-refractivity contribution in [2.24, 2.45) is 16.7 Å². The lowest BCUT2D eigenvalue weighted by molar-refractivity contribution is -0.157. The van der Waals surface area contributed by atoms with Crippen LogP contribution >= 0.6 is 0 Å². The van der Waals surface area contributed by atoms with Crippen LogP contribution in [0, 0.1) is 16.7 Å². The zero-order valence-corrected chi connectivity index (χ0v) is 16.8. The van der Waals surface area contributed by atoms with E-state index < -0.39 is 0 Å². The summed E-state index contributed by atoms with van der Waals surface area (Å²) >= 11 is 0. The fourth-order valence-corrected chi connectivity index (χ4v) is 6.67. The zero-order chi connectivity index (χ0) is 19.4. The normalized spacial score (nSPS) is 37.0. The van der Waals surface area contributed by atoms with E-state index in [0.29, 0.717) is 17.6 Å². The van der Waals surface area contributed by atoms with Crippen molar-refractivity contribution >= 4 is 11.9 Å². The molecule has 0 N–H and O–H groups in total. The van der Waals surface area contributed by atoms with Crippen molar-refractivity contribution in [1.82, 2.24) is 0 Å². The highest BCUT2D eigenvalue weighted by molar-refractivity contribution is 5.69. The highest BCUT2D eigenvalue weighted by Gasteiger charge is 2.61. The molecule has 4 nitrogen and oxygen atoms in total. The number of fused-ring (bicyclic) bond motifs is 5. The third-order valence-corrected chi connectivity index (χ3v) is 7.81. The second-order valence-electron chi connectivity index (χ2n) is 9.29. The Hall–Kier alpha value is -1.84. The van der Waals surface area contributed by atoms with Crippen LogP contribution < -0.4 is 4.74 Å². The van der Waals surface area contributed by atoms with E-state index >= 15 is 0 Å². The summed E-state index contributed by atoms with van der Waals surface area (Å²) in [7, 11) is 0. The van der Waals surface area contributed by atoms with Crippen LogP contribution in [-0.4, -0.2) is 18.0 Å². The standard InChI is InChI=1S/C23H30O4/c1-14(24)26-17-5-6-18-16(13-17)9-11-22(3)19(18)10-12-23(4)20(22)7-8-21(23)27-15(2)25/h5-6,13,19-21H,7-12H2,1-4H3/t19?,20?,21-,22+,23-/m0/s1. The van der Waals surface area contributed by atoms with Crippen molar-refractivity contribution in [3.8, 4) is 5.75 Å². The molecule has 4 rings (SSSR count). The van der Waals surface area contributed by atoms with Crippen molar-refractivity contribution in [3.05, 3.63) is 29.3 Å². The summed E-state index contributed by atoms with van der Waals surface area (Å²) in [5.41, 5.74) is 3.08. The lowest BCUT2D eigenvalue weighted by Crippen LogP contribution is -2.50. The number of hydrogen-bond acceptors (Lipinski definition) is 4. The van der Waals surface area contributed by atoms with Crippen LogP contribution in [0.3, 0.4) is 0 Å². The van der Waals surface area contributed by atoms with Crippen LogP contribution in [0.4, 0.5) is 0 Å². The van der Waals surface area contributed by atoms with E-state index in [0.717, 1.165) is 38.5 Å². The van der Waals surface area contributed by atoms with Gasteiger partial charge >= 0.3 is 11.9 Å². The number of carbonyl (C=O) groups excluding carboxylic acids is 2. The molecule has 146 valence electrons. The Bertz CT molecular complexity index is 785. The maximum Gasteiger partial charge on any atom is 0.308 e. The van der Waals surface area contributed by atoms with Crippen LogP contribution in [0.25, 0.3) is 0 Å². The molecule has 4 heteroatoms. The van der Waals surface area contributed by atoms with E-state index in [9.17, 15) is 9.59 Å². The van der Waals surface area contributed by atoms with Crippen LogP contribution in [0.5, 0.6) is 5.75 Å². The Morgan fingerprint density at radius 1 is 1.00 bits per heavy atom. The summed E-state index contributed by atoms with van der Waals surface area (Å²) in [4.78, 5) is 22.9. The summed E-state index contributed by atoms with van der Waals surface area (Å²) in [6.07, 6.45) is 6.57. The summed E-state index contributed by atoms with van der Waals surface area (Å²) < 4.78 is 11.0. The molecule has 0 bridgehead atoms. The van der Waals surface area contributed by atoms with Crippen molar-refractivity contribution in [1.29, 1.82) is 0 Å². The summed E-state index contributed by atoms with van der Waals surface area (Å²) in [6.45, 7) is 7.78. The van der Waals surface area contributed by atoms with Crippen LogP contribution in [0.2, 0.25) is 0 Å². The molecule has 0 heterocycles. The van der Waals surface area contributed by atoms with E-state index in [1.165, 1.54) is 25.0 Å². The number of ether oxygens (including phenoxy) is 2. The molecule has 0 spiro atoms.